The van der Waals surface area contributed by atoms with E-state index < -0.39 is 0 Å². The Balaban J connectivity index is 1.59. The van der Waals surface area contributed by atoms with Gasteiger partial charge in [0, 0.05) is 25.2 Å². The van der Waals surface area contributed by atoms with Gasteiger partial charge in [0.05, 0.1) is 20.1 Å². The number of rotatable bonds is 9. The SMILES string of the molecule is CC[C@@H](C)c1ccccc1N1C[C@@H](C(=O)NCCc2ccc(OC)c(OC)c2)CC1=O. The lowest BCUT2D eigenvalue weighted by molar-refractivity contribution is -0.126. The molecule has 1 heterocycles. The molecule has 2 aromatic carbocycles. The van der Waals surface area contributed by atoms with Crippen molar-refractivity contribution >= 4 is 17.5 Å². The predicted molar refractivity (Wildman–Crippen MR) is 122 cm³/mol. The Morgan fingerprint density at radius 1 is 1.16 bits per heavy atom. The van der Waals surface area contributed by atoms with Gasteiger partial charge in [0.15, 0.2) is 11.5 Å². The molecule has 1 fully saturated rings. The van der Waals surface area contributed by atoms with E-state index in [2.05, 4.69) is 25.2 Å². The fraction of sp³-hybridized carbons (Fsp3) is 0.440. The average Bonchev–Trinajstić information content (AvgIpc) is 3.19. The van der Waals surface area contributed by atoms with Gasteiger partial charge in [0.1, 0.15) is 0 Å². The van der Waals surface area contributed by atoms with E-state index in [0.717, 1.165) is 23.2 Å². The van der Waals surface area contributed by atoms with Gasteiger partial charge in [-0.15, -0.1) is 0 Å². The number of para-hydroxylation sites is 1. The average molecular weight is 425 g/mol. The minimum atomic E-state index is -0.331. The molecule has 3 rings (SSSR count). The third-order valence-corrected chi connectivity index (χ3v) is 6.03. The Morgan fingerprint density at radius 3 is 2.61 bits per heavy atom. The number of benzene rings is 2. The monoisotopic (exact) mass is 424 g/mol. The highest BCUT2D eigenvalue weighted by Crippen LogP contribution is 2.33. The normalized spacial score (nSPS) is 16.8. The minimum Gasteiger partial charge on any atom is -0.493 e. The lowest BCUT2D eigenvalue weighted by atomic mass is 9.96. The summed E-state index contributed by atoms with van der Waals surface area (Å²) in [6.45, 7) is 5.23. The fourth-order valence-electron chi connectivity index (χ4n) is 4.00. The van der Waals surface area contributed by atoms with E-state index in [4.69, 9.17) is 9.47 Å². The second-order valence-electron chi connectivity index (χ2n) is 8.00. The zero-order chi connectivity index (χ0) is 22.4. The van der Waals surface area contributed by atoms with Crippen molar-refractivity contribution in [2.75, 3.05) is 32.2 Å². The smallest absolute Gasteiger partial charge is 0.227 e. The van der Waals surface area contributed by atoms with Crippen LogP contribution >= 0.6 is 0 Å². The Bertz CT molecular complexity index is 927. The Kier molecular flexibility index (Phi) is 7.55. The number of anilines is 1. The lowest BCUT2D eigenvalue weighted by Gasteiger charge is -2.23. The maximum absolute atomic E-state index is 12.7. The molecule has 0 unspecified atom stereocenters. The first-order chi connectivity index (χ1) is 15.0. The van der Waals surface area contributed by atoms with Crippen molar-refractivity contribution in [3.63, 3.8) is 0 Å². The van der Waals surface area contributed by atoms with Crippen LogP contribution in [0.15, 0.2) is 42.5 Å². The second-order valence-corrected chi connectivity index (χ2v) is 8.00. The van der Waals surface area contributed by atoms with Gasteiger partial charge in [0.25, 0.3) is 0 Å². The van der Waals surface area contributed by atoms with Crippen molar-refractivity contribution in [2.45, 2.75) is 39.0 Å². The standard InChI is InChI=1S/C25H32N2O4/c1-5-17(2)20-8-6-7-9-21(20)27-16-19(15-24(27)28)25(29)26-13-12-18-10-11-22(30-3)23(14-18)31-4/h6-11,14,17,19H,5,12-13,15-16H2,1-4H3,(H,26,29)/t17-,19+/m1/s1. The van der Waals surface area contributed by atoms with E-state index >= 15 is 0 Å². The van der Waals surface area contributed by atoms with Crippen LogP contribution in [0.2, 0.25) is 0 Å². The van der Waals surface area contributed by atoms with E-state index in [0.29, 0.717) is 36.9 Å². The van der Waals surface area contributed by atoms with Crippen molar-refractivity contribution in [1.82, 2.24) is 5.32 Å². The molecule has 6 nitrogen and oxygen atoms in total. The van der Waals surface area contributed by atoms with Crippen LogP contribution in [0.3, 0.4) is 0 Å². The van der Waals surface area contributed by atoms with Gasteiger partial charge >= 0.3 is 0 Å². The summed E-state index contributed by atoms with van der Waals surface area (Å²) in [4.78, 5) is 27.2. The van der Waals surface area contributed by atoms with Gasteiger partial charge in [-0.3, -0.25) is 9.59 Å². The molecule has 1 aliphatic heterocycles. The number of nitrogens with zero attached hydrogens (tertiary/aromatic N) is 1. The van der Waals surface area contributed by atoms with E-state index in [9.17, 15) is 9.59 Å². The Morgan fingerprint density at radius 2 is 1.90 bits per heavy atom. The van der Waals surface area contributed by atoms with Crippen LogP contribution in [0.5, 0.6) is 11.5 Å². The number of carbonyl (C=O) groups excluding carboxylic acids is 2. The maximum atomic E-state index is 12.7. The summed E-state index contributed by atoms with van der Waals surface area (Å²) in [5, 5.41) is 2.99. The Hall–Kier alpha value is -3.02. The number of hydrogen-bond acceptors (Lipinski definition) is 4. The van der Waals surface area contributed by atoms with Crippen LogP contribution in [0.4, 0.5) is 5.69 Å². The van der Waals surface area contributed by atoms with Gasteiger partial charge < -0.3 is 19.7 Å². The maximum Gasteiger partial charge on any atom is 0.227 e. The van der Waals surface area contributed by atoms with Crippen LogP contribution in [-0.4, -0.2) is 39.1 Å². The highest BCUT2D eigenvalue weighted by Gasteiger charge is 2.36. The van der Waals surface area contributed by atoms with Crippen molar-refractivity contribution in [2.24, 2.45) is 5.92 Å². The highest BCUT2D eigenvalue weighted by molar-refractivity contribution is 6.00. The summed E-state index contributed by atoms with van der Waals surface area (Å²) in [6.07, 6.45) is 1.92. The minimum absolute atomic E-state index is 0.00999. The highest BCUT2D eigenvalue weighted by atomic mass is 16.5. The topological polar surface area (TPSA) is 67.9 Å². The molecule has 1 saturated heterocycles. The molecular weight excluding hydrogens is 392 g/mol. The van der Waals surface area contributed by atoms with Crippen LogP contribution < -0.4 is 19.7 Å². The third kappa shape index (κ3) is 5.19. The summed E-state index contributed by atoms with van der Waals surface area (Å²) in [6, 6.07) is 13.7. The molecule has 0 spiro atoms. The van der Waals surface area contributed by atoms with Crippen LogP contribution in [0.25, 0.3) is 0 Å². The summed E-state index contributed by atoms with van der Waals surface area (Å²) in [5.41, 5.74) is 3.14. The Labute approximate surface area is 184 Å². The molecule has 0 aliphatic carbocycles. The van der Waals surface area contributed by atoms with Crippen LogP contribution in [0.1, 0.15) is 43.7 Å². The van der Waals surface area contributed by atoms with Crippen molar-refractivity contribution < 1.29 is 19.1 Å². The number of methoxy groups -OCH3 is 2. The second kappa shape index (κ2) is 10.3. The first kappa shape index (κ1) is 22.7. The molecule has 2 aromatic rings. The number of nitrogens with one attached hydrogen (secondary N) is 1. The lowest BCUT2D eigenvalue weighted by Crippen LogP contribution is -2.34. The van der Waals surface area contributed by atoms with E-state index in [-0.39, 0.29) is 24.2 Å². The van der Waals surface area contributed by atoms with E-state index in [1.54, 1.807) is 19.1 Å². The predicted octanol–water partition coefficient (Wildman–Crippen LogP) is 3.93. The summed E-state index contributed by atoms with van der Waals surface area (Å²) in [5.74, 6) is 1.32. The molecule has 0 aromatic heterocycles. The molecule has 2 atom stereocenters. The first-order valence-electron chi connectivity index (χ1n) is 10.9. The molecule has 0 radical (unpaired) electrons. The quantitative estimate of drug-likeness (QED) is 0.662. The molecule has 166 valence electrons. The molecule has 2 amide bonds. The summed E-state index contributed by atoms with van der Waals surface area (Å²) in [7, 11) is 3.21. The third-order valence-electron chi connectivity index (χ3n) is 6.03. The molecule has 1 aliphatic rings. The molecule has 0 bridgehead atoms. The summed E-state index contributed by atoms with van der Waals surface area (Å²) >= 11 is 0. The van der Waals surface area contributed by atoms with Gasteiger partial charge in [-0.05, 0) is 48.1 Å². The number of carbonyl (C=O) groups is 2. The van der Waals surface area contributed by atoms with Crippen LogP contribution in [0, 0.1) is 5.92 Å². The van der Waals surface area contributed by atoms with Gasteiger partial charge in [0.2, 0.25) is 11.8 Å². The molecule has 0 saturated carbocycles. The van der Waals surface area contributed by atoms with Crippen molar-refractivity contribution in [3.05, 3.63) is 53.6 Å². The fourth-order valence-corrected chi connectivity index (χ4v) is 4.00. The van der Waals surface area contributed by atoms with Crippen molar-refractivity contribution in [3.8, 4) is 11.5 Å². The number of amides is 2. The molecule has 31 heavy (non-hydrogen) atoms. The number of hydrogen-bond donors (Lipinski definition) is 1. The summed E-state index contributed by atoms with van der Waals surface area (Å²) < 4.78 is 10.6. The van der Waals surface area contributed by atoms with Crippen LogP contribution in [-0.2, 0) is 16.0 Å². The van der Waals surface area contributed by atoms with E-state index in [1.807, 2.05) is 36.4 Å². The van der Waals surface area contributed by atoms with E-state index in [1.165, 1.54) is 0 Å². The number of ether oxygens (including phenoxy) is 2. The molecule has 1 N–H and O–H groups in total. The van der Waals surface area contributed by atoms with Crippen molar-refractivity contribution in [1.29, 1.82) is 0 Å². The largest absolute Gasteiger partial charge is 0.493 e. The van der Waals surface area contributed by atoms with Gasteiger partial charge in [-0.1, -0.05) is 38.1 Å². The molecule has 6 heteroatoms. The van der Waals surface area contributed by atoms with Gasteiger partial charge in [-0.2, -0.15) is 0 Å². The zero-order valence-electron chi connectivity index (χ0n) is 18.8. The van der Waals surface area contributed by atoms with Gasteiger partial charge in [-0.25, -0.2) is 0 Å². The zero-order valence-corrected chi connectivity index (χ0v) is 18.8. The first-order valence-corrected chi connectivity index (χ1v) is 10.9. The molecular formula is C25H32N2O4.